The van der Waals surface area contributed by atoms with E-state index >= 15 is 0 Å². The fraction of sp³-hybridized carbons (Fsp3) is 0.0769. The molecule has 0 aliphatic heterocycles. The molecule has 0 amide bonds. The summed E-state index contributed by atoms with van der Waals surface area (Å²) in [6.45, 7) is 1.94. The van der Waals surface area contributed by atoms with E-state index in [-0.39, 0.29) is 5.56 Å². The van der Waals surface area contributed by atoms with Crippen molar-refractivity contribution >= 4 is 39.8 Å². The van der Waals surface area contributed by atoms with Crippen LogP contribution in [0.1, 0.15) is 20.5 Å². The topological polar surface area (TPSA) is 71.1 Å². The lowest BCUT2D eigenvalue weighted by atomic mass is 10.3. The average molecular weight is 300 g/mol. The van der Waals surface area contributed by atoms with E-state index in [2.05, 4.69) is 9.97 Å². The van der Waals surface area contributed by atoms with E-state index in [4.69, 9.17) is 5.26 Å². The van der Waals surface area contributed by atoms with Crippen LogP contribution in [0.15, 0.2) is 23.3 Å². The number of nitriles is 1. The summed E-state index contributed by atoms with van der Waals surface area (Å²) >= 11 is 2.77. The van der Waals surface area contributed by atoms with Crippen molar-refractivity contribution < 1.29 is 0 Å². The molecule has 0 aliphatic carbocycles. The molecule has 3 aromatic rings. The van der Waals surface area contributed by atoms with Gasteiger partial charge in [0.25, 0.3) is 5.56 Å². The van der Waals surface area contributed by atoms with Crippen LogP contribution in [0, 0.1) is 18.3 Å². The molecule has 3 aromatic heterocycles. The van der Waals surface area contributed by atoms with Gasteiger partial charge in [0.2, 0.25) is 0 Å². The molecule has 20 heavy (non-hydrogen) atoms. The third kappa shape index (κ3) is 2.39. The van der Waals surface area contributed by atoms with Crippen molar-refractivity contribution in [2.45, 2.75) is 6.92 Å². The molecule has 0 bridgehead atoms. The Hall–Kier alpha value is -2.30. The number of aromatic nitrogens is 3. The summed E-state index contributed by atoms with van der Waals surface area (Å²) in [4.78, 5) is 22.4. The minimum absolute atomic E-state index is 0.187. The van der Waals surface area contributed by atoms with Gasteiger partial charge in [-0.15, -0.1) is 11.3 Å². The zero-order chi connectivity index (χ0) is 14.1. The Morgan fingerprint density at radius 1 is 1.40 bits per heavy atom. The maximum Gasteiger partial charge on any atom is 0.259 e. The summed E-state index contributed by atoms with van der Waals surface area (Å²) in [7, 11) is 0. The van der Waals surface area contributed by atoms with Gasteiger partial charge in [0.1, 0.15) is 10.9 Å². The largest absolute Gasteiger partial charge is 0.269 e. The summed E-state index contributed by atoms with van der Waals surface area (Å²) in [6, 6.07) is 3.47. The Morgan fingerprint density at radius 3 is 2.95 bits per heavy atom. The number of hydrogen-bond donors (Lipinski definition) is 0. The van der Waals surface area contributed by atoms with E-state index in [1.165, 1.54) is 28.0 Å². The maximum atomic E-state index is 11.9. The quantitative estimate of drug-likeness (QED) is 0.729. The first-order chi connectivity index (χ1) is 9.65. The Balaban J connectivity index is 2.02. The van der Waals surface area contributed by atoms with Crippen molar-refractivity contribution in [1.29, 1.82) is 5.26 Å². The smallest absolute Gasteiger partial charge is 0.259 e. The summed E-state index contributed by atoms with van der Waals surface area (Å²) in [5, 5.41) is 9.84. The molecular weight excluding hydrogens is 292 g/mol. The second kappa shape index (κ2) is 5.00. The van der Waals surface area contributed by atoms with Crippen LogP contribution in [-0.2, 0) is 0 Å². The zero-order valence-electron chi connectivity index (χ0n) is 10.4. The molecule has 0 aromatic carbocycles. The van der Waals surface area contributed by atoms with Crippen molar-refractivity contribution in [1.82, 2.24) is 14.4 Å². The van der Waals surface area contributed by atoms with Gasteiger partial charge in [-0.25, -0.2) is 9.97 Å². The van der Waals surface area contributed by atoms with Crippen LogP contribution < -0.4 is 5.56 Å². The molecule has 0 N–H and O–H groups in total. The maximum absolute atomic E-state index is 11.9. The first-order valence-electron chi connectivity index (χ1n) is 5.69. The standard InChI is InChI=1S/C13H8N4OS2/c1-8-15-6-10(19-8)3-2-9-4-12(18)17-7-11(5-14)20-13(17)16-9/h2-4,6-7H,1H3/b3-2+. The molecule has 7 heteroatoms. The number of aryl methyl sites for hydroxylation is 1. The second-order valence-corrected chi connectivity index (χ2v) is 6.27. The van der Waals surface area contributed by atoms with Crippen LogP contribution in [0.5, 0.6) is 0 Å². The van der Waals surface area contributed by atoms with Gasteiger partial charge in [-0.3, -0.25) is 9.20 Å². The van der Waals surface area contributed by atoms with E-state index in [1.807, 2.05) is 19.1 Å². The highest BCUT2D eigenvalue weighted by atomic mass is 32.1. The van der Waals surface area contributed by atoms with Crippen molar-refractivity contribution in [2.75, 3.05) is 0 Å². The Labute approximate surface area is 122 Å². The molecule has 0 radical (unpaired) electrons. The number of hydrogen-bond acceptors (Lipinski definition) is 6. The second-order valence-electron chi connectivity index (χ2n) is 3.99. The first kappa shape index (κ1) is 12.7. The third-order valence-corrected chi connectivity index (χ3v) is 4.32. The van der Waals surface area contributed by atoms with E-state index in [1.54, 1.807) is 23.6 Å². The number of thiazole rings is 2. The summed E-state index contributed by atoms with van der Waals surface area (Å²) in [6.07, 6.45) is 6.94. The van der Waals surface area contributed by atoms with Crippen LogP contribution in [0.3, 0.4) is 0 Å². The molecule has 0 atom stereocenters. The summed E-state index contributed by atoms with van der Waals surface area (Å²) in [5.74, 6) is 0. The molecule has 98 valence electrons. The lowest BCUT2D eigenvalue weighted by Crippen LogP contribution is -2.11. The molecule has 0 fully saturated rings. The van der Waals surface area contributed by atoms with Gasteiger partial charge in [-0.1, -0.05) is 11.3 Å². The fourth-order valence-electron chi connectivity index (χ4n) is 1.68. The summed E-state index contributed by atoms with van der Waals surface area (Å²) in [5.41, 5.74) is 0.389. The third-order valence-electron chi connectivity index (χ3n) is 2.55. The first-order valence-corrected chi connectivity index (χ1v) is 7.33. The molecule has 0 saturated carbocycles. The van der Waals surface area contributed by atoms with Gasteiger partial charge < -0.3 is 0 Å². The molecule has 5 nitrogen and oxygen atoms in total. The fourth-order valence-corrected chi connectivity index (χ4v) is 3.16. The van der Waals surface area contributed by atoms with E-state index < -0.39 is 0 Å². The van der Waals surface area contributed by atoms with Crippen LogP contribution >= 0.6 is 22.7 Å². The van der Waals surface area contributed by atoms with Crippen molar-refractivity contribution in [2.24, 2.45) is 0 Å². The van der Waals surface area contributed by atoms with Crippen molar-refractivity contribution in [3.8, 4) is 6.07 Å². The average Bonchev–Trinajstić information content (AvgIpc) is 3.02. The molecule has 3 rings (SSSR count). The molecule has 0 unspecified atom stereocenters. The van der Waals surface area contributed by atoms with Crippen molar-refractivity contribution in [3.05, 3.63) is 49.3 Å². The monoisotopic (exact) mass is 300 g/mol. The van der Waals surface area contributed by atoms with Gasteiger partial charge in [0, 0.05) is 23.3 Å². The molecule has 0 spiro atoms. The van der Waals surface area contributed by atoms with Crippen molar-refractivity contribution in [3.63, 3.8) is 0 Å². The number of rotatable bonds is 2. The van der Waals surface area contributed by atoms with Gasteiger partial charge in [0.15, 0.2) is 4.96 Å². The van der Waals surface area contributed by atoms with Gasteiger partial charge >= 0.3 is 0 Å². The van der Waals surface area contributed by atoms with Crippen LogP contribution in [0.2, 0.25) is 0 Å². The SMILES string of the molecule is Cc1ncc(/C=C/c2cc(=O)n3cc(C#N)sc3n2)s1. The van der Waals surface area contributed by atoms with Crippen LogP contribution in [0.4, 0.5) is 0 Å². The Bertz CT molecular complexity index is 910. The highest BCUT2D eigenvalue weighted by Gasteiger charge is 2.05. The molecule has 0 saturated heterocycles. The van der Waals surface area contributed by atoms with E-state index in [0.717, 1.165) is 9.88 Å². The van der Waals surface area contributed by atoms with Crippen LogP contribution in [0.25, 0.3) is 17.1 Å². The highest BCUT2D eigenvalue weighted by molar-refractivity contribution is 7.17. The Morgan fingerprint density at radius 2 is 2.25 bits per heavy atom. The normalized spacial score (nSPS) is 11.2. The predicted octanol–water partition coefficient (Wildman–Crippen LogP) is 2.56. The zero-order valence-corrected chi connectivity index (χ0v) is 12.0. The highest BCUT2D eigenvalue weighted by Crippen LogP contribution is 2.16. The minimum atomic E-state index is -0.187. The lowest BCUT2D eigenvalue weighted by molar-refractivity contribution is 1.07. The summed E-state index contributed by atoms with van der Waals surface area (Å²) < 4.78 is 1.39. The predicted molar refractivity (Wildman–Crippen MR) is 79.8 cm³/mol. The van der Waals surface area contributed by atoms with Crippen LogP contribution in [-0.4, -0.2) is 14.4 Å². The molecule has 3 heterocycles. The van der Waals surface area contributed by atoms with Gasteiger partial charge in [-0.05, 0) is 19.1 Å². The van der Waals surface area contributed by atoms with E-state index in [9.17, 15) is 4.79 Å². The lowest BCUT2D eigenvalue weighted by Gasteiger charge is -1.93. The number of nitrogens with zero attached hydrogens (tertiary/aromatic N) is 4. The van der Waals surface area contributed by atoms with E-state index in [0.29, 0.717) is 15.5 Å². The molecule has 0 aliphatic rings. The minimum Gasteiger partial charge on any atom is -0.269 e. The molecular formula is C13H8N4OS2. The Kier molecular flexibility index (Phi) is 3.18. The number of fused-ring (bicyclic) bond motifs is 1. The van der Waals surface area contributed by atoms with Gasteiger partial charge in [0.05, 0.1) is 10.7 Å². The van der Waals surface area contributed by atoms with Gasteiger partial charge in [-0.2, -0.15) is 5.26 Å².